The maximum atomic E-state index is 5.72. The van der Waals surface area contributed by atoms with Gasteiger partial charge in [-0.25, -0.2) is 4.98 Å². The Labute approximate surface area is 110 Å². The van der Waals surface area contributed by atoms with Gasteiger partial charge >= 0.3 is 0 Å². The van der Waals surface area contributed by atoms with Crippen LogP contribution in [0, 0.1) is 0 Å². The van der Waals surface area contributed by atoms with Gasteiger partial charge in [-0.3, -0.25) is 0 Å². The molecule has 19 heavy (non-hydrogen) atoms. The second-order valence-electron chi connectivity index (χ2n) is 4.29. The molecule has 0 spiro atoms. The molecule has 0 bridgehead atoms. The molecule has 0 amide bonds. The van der Waals surface area contributed by atoms with Gasteiger partial charge in [-0.15, -0.1) is 0 Å². The van der Waals surface area contributed by atoms with E-state index in [0.717, 1.165) is 28.0 Å². The van der Waals surface area contributed by atoms with Crippen molar-refractivity contribution in [1.82, 2.24) is 4.98 Å². The maximum absolute atomic E-state index is 5.72. The lowest BCUT2D eigenvalue weighted by Gasteiger charge is -2.06. The van der Waals surface area contributed by atoms with Gasteiger partial charge in [0.1, 0.15) is 17.9 Å². The van der Waals surface area contributed by atoms with E-state index in [1.807, 2.05) is 42.5 Å². The number of hydrogen-bond donors (Lipinski definition) is 1. The third-order valence-corrected chi connectivity index (χ3v) is 2.97. The number of nitrogens with two attached hydrogens (primary N) is 1. The smallest absolute Gasteiger partial charge is 0.181 e. The molecule has 0 aliphatic rings. The van der Waals surface area contributed by atoms with Crippen LogP contribution in [-0.2, 0) is 13.2 Å². The predicted octanol–water partition coefficient (Wildman–Crippen LogP) is 2.87. The van der Waals surface area contributed by atoms with E-state index in [0.29, 0.717) is 13.2 Å². The highest BCUT2D eigenvalue weighted by atomic mass is 16.5. The van der Waals surface area contributed by atoms with Gasteiger partial charge < -0.3 is 14.9 Å². The van der Waals surface area contributed by atoms with E-state index in [-0.39, 0.29) is 0 Å². The van der Waals surface area contributed by atoms with Crippen LogP contribution in [0.2, 0.25) is 0 Å². The van der Waals surface area contributed by atoms with Crippen LogP contribution in [0.5, 0.6) is 5.75 Å². The fourth-order valence-electron chi connectivity index (χ4n) is 1.86. The molecule has 2 N–H and O–H groups in total. The molecule has 0 aliphatic carbocycles. The summed E-state index contributed by atoms with van der Waals surface area (Å²) in [5, 5.41) is 0. The normalized spacial score (nSPS) is 10.8. The van der Waals surface area contributed by atoms with E-state index in [9.17, 15) is 0 Å². The number of rotatable bonds is 4. The topological polar surface area (TPSA) is 61.3 Å². The number of fused-ring (bicyclic) bond motifs is 1. The summed E-state index contributed by atoms with van der Waals surface area (Å²) >= 11 is 0. The standard InChI is InChI=1S/C15H14N2O2/c16-8-11-1-3-12(4-2-11)9-18-13-5-6-14-15(7-13)19-10-17-14/h1-7,10H,8-9,16H2. The number of ether oxygens (including phenoxy) is 1. The molecule has 0 unspecified atom stereocenters. The van der Waals surface area contributed by atoms with Crippen molar-refractivity contribution in [2.24, 2.45) is 5.73 Å². The zero-order valence-electron chi connectivity index (χ0n) is 10.4. The fourth-order valence-corrected chi connectivity index (χ4v) is 1.86. The number of nitrogens with zero attached hydrogens (tertiary/aromatic N) is 1. The minimum absolute atomic E-state index is 0.518. The molecule has 0 aliphatic heterocycles. The highest BCUT2D eigenvalue weighted by molar-refractivity contribution is 5.73. The molecule has 1 heterocycles. The molecule has 4 nitrogen and oxygen atoms in total. The fraction of sp³-hybridized carbons (Fsp3) is 0.133. The molecule has 0 atom stereocenters. The predicted molar refractivity (Wildman–Crippen MR) is 72.7 cm³/mol. The van der Waals surface area contributed by atoms with E-state index < -0.39 is 0 Å². The summed E-state index contributed by atoms with van der Waals surface area (Å²) in [6, 6.07) is 13.7. The summed E-state index contributed by atoms with van der Waals surface area (Å²) in [6.07, 6.45) is 1.43. The van der Waals surface area contributed by atoms with Crippen LogP contribution in [0.1, 0.15) is 11.1 Å². The monoisotopic (exact) mass is 254 g/mol. The summed E-state index contributed by atoms with van der Waals surface area (Å²) < 4.78 is 11.0. The number of aromatic nitrogens is 1. The first-order valence-corrected chi connectivity index (χ1v) is 6.09. The SMILES string of the molecule is NCc1ccc(COc2ccc3ncoc3c2)cc1. The number of oxazole rings is 1. The Morgan fingerprint density at radius 3 is 2.63 bits per heavy atom. The van der Waals surface area contributed by atoms with Crippen LogP contribution in [0.25, 0.3) is 11.1 Å². The van der Waals surface area contributed by atoms with Gasteiger partial charge in [0, 0.05) is 12.6 Å². The Morgan fingerprint density at radius 2 is 1.84 bits per heavy atom. The Kier molecular flexibility index (Phi) is 3.16. The van der Waals surface area contributed by atoms with Gasteiger partial charge in [0.25, 0.3) is 0 Å². The maximum Gasteiger partial charge on any atom is 0.181 e. The minimum atomic E-state index is 0.518. The first-order chi connectivity index (χ1) is 9.35. The van der Waals surface area contributed by atoms with Crippen LogP contribution in [-0.4, -0.2) is 4.98 Å². The molecule has 0 fully saturated rings. The first-order valence-electron chi connectivity index (χ1n) is 6.09. The highest BCUT2D eigenvalue weighted by Gasteiger charge is 2.01. The van der Waals surface area contributed by atoms with Gasteiger partial charge in [-0.05, 0) is 23.3 Å². The molecule has 0 saturated carbocycles. The van der Waals surface area contributed by atoms with E-state index in [1.54, 1.807) is 0 Å². The molecule has 3 aromatic rings. The zero-order chi connectivity index (χ0) is 13.1. The Balaban J connectivity index is 1.70. The molecule has 3 rings (SSSR count). The second kappa shape index (κ2) is 5.12. The van der Waals surface area contributed by atoms with Crippen LogP contribution < -0.4 is 10.5 Å². The summed E-state index contributed by atoms with van der Waals surface area (Å²) in [4.78, 5) is 4.06. The molecular weight excluding hydrogens is 240 g/mol. The average molecular weight is 254 g/mol. The lowest BCUT2D eigenvalue weighted by molar-refractivity contribution is 0.306. The molecule has 0 saturated heterocycles. The van der Waals surface area contributed by atoms with E-state index >= 15 is 0 Å². The van der Waals surface area contributed by atoms with Gasteiger partial charge in [0.15, 0.2) is 12.0 Å². The molecule has 0 radical (unpaired) electrons. The van der Waals surface area contributed by atoms with Crippen molar-refractivity contribution in [3.05, 3.63) is 60.0 Å². The van der Waals surface area contributed by atoms with Gasteiger partial charge in [0.05, 0.1) is 0 Å². The van der Waals surface area contributed by atoms with Crippen LogP contribution in [0.15, 0.2) is 53.3 Å². The molecule has 96 valence electrons. The number of benzene rings is 2. The number of hydrogen-bond acceptors (Lipinski definition) is 4. The Hall–Kier alpha value is -2.33. The van der Waals surface area contributed by atoms with Crippen LogP contribution >= 0.6 is 0 Å². The summed E-state index contributed by atoms with van der Waals surface area (Å²) in [6.45, 7) is 1.08. The van der Waals surface area contributed by atoms with Crippen LogP contribution in [0.3, 0.4) is 0 Å². The van der Waals surface area contributed by atoms with Crippen molar-refractivity contribution in [2.75, 3.05) is 0 Å². The molecule has 1 aromatic heterocycles. The quantitative estimate of drug-likeness (QED) is 0.777. The minimum Gasteiger partial charge on any atom is -0.489 e. The van der Waals surface area contributed by atoms with Crippen LogP contribution in [0.4, 0.5) is 0 Å². The highest BCUT2D eigenvalue weighted by Crippen LogP contribution is 2.20. The van der Waals surface area contributed by atoms with Crippen molar-refractivity contribution in [3.8, 4) is 5.75 Å². The van der Waals surface area contributed by atoms with E-state index in [1.165, 1.54) is 6.39 Å². The Bertz CT molecular complexity index is 674. The largest absolute Gasteiger partial charge is 0.489 e. The third kappa shape index (κ3) is 2.58. The van der Waals surface area contributed by atoms with E-state index in [4.69, 9.17) is 14.9 Å². The van der Waals surface area contributed by atoms with Gasteiger partial charge in [0.2, 0.25) is 0 Å². The summed E-state index contributed by atoms with van der Waals surface area (Å²) in [5.74, 6) is 0.771. The summed E-state index contributed by atoms with van der Waals surface area (Å²) in [7, 11) is 0. The van der Waals surface area contributed by atoms with Crippen molar-refractivity contribution in [3.63, 3.8) is 0 Å². The lowest BCUT2D eigenvalue weighted by atomic mass is 10.1. The van der Waals surface area contributed by atoms with Gasteiger partial charge in [-0.2, -0.15) is 0 Å². The first kappa shape index (κ1) is 11.7. The summed E-state index contributed by atoms with van der Waals surface area (Å²) in [5.41, 5.74) is 9.35. The van der Waals surface area contributed by atoms with Gasteiger partial charge in [-0.1, -0.05) is 24.3 Å². The zero-order valence-corrected chi connectivity index (χ0v) is 10.4. The lowest BCUT2D eigenvalue weighted by Crippen LogP contribution is -1.98. The van der Waals surface area contributed by atoms with Crippen molar-refractivity contribution in [2.45, 2.75) is 13.2 Å². The molecule has 2 aromatic carbocycles. The van der Waals surface area contributed by atoms with Crippen molar-refractivity contribution in [1.29, 1.82) is 0 Å². The van der Waals surface area contributed by atoms with E-state index in [2.05, 4.69) is 4.98 Å². The van der Waals surface area contributed by atoms with Crippen molar-refractivity contribution >= 4 is 11.1 Å². The molecule has 4 heteroatoms. The van der Waals surface area contributed by atoms with Crippen molar-refractivity contribution < 1.29 is 9.15 Å². The third-order valence-electron chi connectivity index (χ3n) is 2.97. The average Bonchev–Trinajstić information content (AvgIpc) is 2.93. The Morgan fingerprint density at radius 1 is 1.05 bits per heavy atom. The molecular formula is C15H14N2O2. The second-order valence-corrected chi connectivity index (χ2v) is 4.29.